The third kappa shape index (κ3) is 4.08. The lowest BCUT2D eigenvalue weighted by Gasteiger charge is -2.28. The minimum absolute atomic E-state index is 0.278. The highest BCUT2D eigenvalue weighted by molar-refractivity contribution is 9.11. The van der Waals surface area contributed by atoms with Gasteiger partial charge in [-0.15, -0.1) is 11.3 Å². The second-order valence-electron chi connectivity index (χ2n) is 7.02. The molecular formula is C20H20BrClNOS. The number of hydrogen-bond acceptors (Lipinski definition) is 3. The van der Waals surface area contributed by atoms with E-state index in [0.29, 0.717) is 0 Å². The topological polar surface area (TPSA) is 22.1 Å². The largest absolute Gasteiger partial charge is 0.368 e. The van der Waals surface area contributed by atoms with Crippen molar-refractivity contribution in [1.29, 1.82) is 0 Å². The number of ether oxygens (including phenoxy) is 1. The molecule has 131 valence electrons. The molecule has 0 fully saturated rings. The first-order chi connectivity index (χ1) is 11.7. The Morgan fingerprint density at radius 1 is 1.24 bits per heavy atom. The summed E-state index contributed by atoms with van der Waals surface area (Å²) in [5.41, 5.74) is 5.14. The van der Waals surface area contributed by atoms with Gasteiger partial charge in [-0.3, -0.25) is 0 Å². The number of aromatic nitrogens is 1. The summed E-state index contributed by atoms with van der Waals surface area (Å²) in [4.78, 5) is 4.60. The number of halogens is 2. The van der Waals surface area contributed by atoms with Crippen LogP contribution in [-0.4, -0.2) is 10.6 Å². The van der Waals surface area contributed by atoms with Crippen molar-refractivity contribution in [3.8, 4) is 11.1 Å². The summed E-state index contributed by atoms with van der Waals surface area (Å²) in [6.45, 7) is 12.5. The van der Waals surface area contributed by atoms with E-state index in [1.54, 1.807) is 11.3 Å². The molecule has 1 heterocycles. The number of rotatable bonds is 3. The molecule has 1 aromatic heterocycles. The molecule has 0 saturated carbocycles. The molecule has 0 aliphatic rings. The van der Waals surface area contributed by atoms with E-state index >= 15 is 0 Å². The maximum Gasteiger partial charge on any atom is 0.160 e. The fraction of sp³-hybridized carbons (Fsp3) is 0.300. The predicted molar refractivity (Wildman–Crippen MR) is 111 cm³/mol. The number of fused-ring (bicyclic) bond motifs is 1. The molecule has 2 aromatic carbocycles. The Kier molecular flexibility index (Phi) is 5.27. The van der Waals surface area contributed by atoms with Crippen LogP contribution in [0.1, 0.15) is 38.0 Å². The van der Waals surface area contributed by atoms with Crippen LogP contribution in [0, 0.1) is 13.8 Å². The van der Waals surface area contributed by atoms with E-state index < -0.39 is 0 Å². The molecule has 1 radical (unpaired) electrons. The Balaban J connectivity index is 2.29. The third-order valence-electron chi connectivity index (χ3n) is 3.85. The van der Waals surface area contributed by atoms with Gasteiger partial charge in [0.2, 0.25) is 0 Å². The standard InChI is InChI=1S/C20H20BrClNOS/c1-11-10-15-18(25-19(21)23-15)17(13-6-8-14(22)9-7-13)16(11)12(2)24-20(3,4)5/h6-10,12H,2H2,1,3-5H3/t12-/m0/s1. The van der Waals surface area contributed by atoms with Crippen molar-refractivity contribution in [2.45, 2.75) is 39.4 Å². The SMILES string of the molecule is [CH2][C@H](OC(C)(C)C)c1c(C)cc2nc(Br)sc2c1-c1ccc(Cl)cc1. The summed E-state index contributed by atoms with van der Waals surface area (Å²) in [5.74, 6) is 0. The summed E-state index contributed by atoms with van der Waals surface area (Å²) >= 11 is 11.2. The Bertz CT molecular complexity index is 912. The third-order valence-corrected chi connectivity index (χ3v) is 5.64. The monoisotopic (exact) mass is 436 g/mol. The average molecular weight is 438 g/mol. The van der Waals surface area contributed by atoms with E-state index in [4.69, 9.17) is 16.3 Å². The maximum absolute atomic E-state index is 6.18. The smallest absolute Gasteiger partial charge is 0.160 e. The molecule has 1 atom stereocenters. The fourth-order valence-corrected chi connectivity index (χ4v) is 4.64. The van der Waals surface area contributed by atoms with Crippen LogP contribution in [0.4, 0.5) is 0 Å². The minimum Gasteiger partial charge on any atom is -0.368 e. The van der Waals surface area contributed by atoms with Gasteiger partial charge in [-0.2, -0.15) is 0 Å². The predicted octanol–water partition coefficient (Wildman–Crippen LogP) is 7.38. The number of aryl methyl sites for hydroxylation is 1. The summed E-state index contributed by atoms with van der Waals surface area (Å²) < 4.78 is 8.17. The van der Waals surface area contributed by atoms with Gasteiger partial charge < -0.3 is 4.74 Å². The molecule has 3 aromatic rings. The van der Waals surface area contributed by atoms with E-state index in [2.05, 4.69) is 40.8 Å². The van der Waals surface area contributed by atoms with Gasteiger partial charge >= 0.3 is 0 Å². The van der Waals surface area contributed by atoms with E-state index in [9.17, 15) is 0 Å². The number of benzene rings is 2. The maximum atomic E-state index is 6.18. The summed E-state index contributed by atoms with van der Waals surface area (Å²) in [5, 5.41) is 0.719. The molecule has 0 N–H and O–H groups in total. The normalized spacial score (nSPS) is 13.4. The Hall–Kier alpha value is -0.940. The van der Waals surface area contributed by atoms with Crippen LogP contribution in [0.25, 0.3) is 21.3 Å². The number of hydrogen-bond donors (Lipinski definition) is 0. The first kappa shape index (κ1) is 18.8. The summed E-state index contributed by atoms with van der Waals surface area (Å²) in [6.07, 6.45) is -0.282. The van der Waals surface area contributed by atoms with Crippen LogP contribution in [-0.2, 0) is 4.74 Å². The van der Waals surface area contributed by atoms with Gasteiger partial charge in [0.25, 0.3) is 0 Å². The van der Waals surface area contributed by atoms with E-state index in [0.717, 1.165) is 41.4 Å². The zero-order valence-corrected chi connectivity index (χ0v) is 17.8. The van der Waals surface area contributed by atoms with Crippen molar-refractivity contribution < 1.29 is 4.74 Å². The molecule has 0 saturated heterocycles. The molecule has 25 heavy (non-hydrogen) atoms. The van der Waals surface area contributed by atoms with Crippen molar-refractivity contribution in [1.82, 2.24) is 4.98 Å². The summed E-state index contributed by atoms with van der Waals surface area (Å²) in [6, 6.07) is 10.0. The molecule has 0 aliphatic heterocycles. The van der Waals surface area contributed by atoms with Crippen LogP contribution in [0.3, 0.4) is 0 Å². The zero-order valence-electron chi connectivity index (χ0n) is 14.7. The second-order valence-corrected chi connectivity index (χ2v) is 9.73. The highest BCUT2D eigenvalue weighted by atomic mass is 79.9. The molecule has 5 heteroatoms. The van der Waals surface area contributed by atoms with Crippen molar-refractivity contribution in [3.63, 3.8) is 0 Å². The van der Waals surface area contributed by atoms with Gasteiger partial charge in [0, 0.05) is 10.6 Å². The van der Waals surface area contributed by atoms with Gasteiger partial charge in [0.1, 0.15) is 0 Å². The van der Waals surface area contributed by atoms with Crippen molar-refractivity contribution >= 4 is 49.1 Å². The van der Waals surface area contributed by atoms with Crippen molar-refractivity contribution in [3.05, 3.63) is 57.3 Å². The highest BCUT2D eigenvalue weighted by Gasteiger charge is 2.24. The molecule has 0 unspecified atom stereocenters. The van der Waals surface area contributed by atoms with Gasteiger partial charge in [0.15, 0.2) is 3.92 Å². The molecule has 0 aliphatic carbocycles. The van der Waals surface area contributed by atoms with Crippen LogP contribution in [0.15, 0.2) is 34.2 Å². The van der Waals surface area contributed by atoms with Gasteiger partial charge in [-0.05, 0) is 85.4 Å². The molecule has 2 nitrogen and oxygen atoms in total. The van der Waals surface area contributed by atoms with E-state index in [-0.39, 0.29) is 11.7 Å². The first-order valence-corrected chi connectivity index (χ1v) is 10.0. The van der Waals surface area contributed by atoms with Gasteiger partial charge in [0.05, 0.1) is 21.9 Å². The van der Waals surface area contributed by atoms with Crippen molar-refractivity contribution in [2.24, 2.45) is 0 Å². The Labute approximate surface area is 166 Å². The molecule has 0 amide bonds. The number of thiazole rings is 1. The lowest BCUT2D eigenvalue weighted by molar-refractivity contribution is -0.0408. The fourth-order valence-electron chi connectivity index (χ4n) is 2.99. The lowest BCUT2D eigenvalue weighted by atomic mass is 9.92. The zero-order chi connectivity index (χ0) is 18.4. The van der Waals surface area contributed by atoms with Gasteiger partial charge in [-0.25, -0.2) is 4.98 Å². The second kappa shape index (κ2) is 6.99. The molecular weight excluding hydrogens is 418 g/mol. The van der Waals surface area contributed by atoms with Crippen LogP contribution < -0.4 is 0 Å². The van der Waals surface area contributed by atoms with Crippen LogP contribution >= 0.6 is 38.9 Å². The first-order valence-electron chi connectivity index (χ1n) is 8.02. The van der Waals surface area contributed by atoms with Gasteiger partial charge in [-0.1, -0.05) is 23.7 Å². The molecule has 0 bridgehead atoms. The highest BCUT2D eigenvalue weighted by Crippen LogP contribution is 2.43. The van der Waals surface area contributed by atoms with Crippen LogP contribution in [0.5, 0.6) is 0 Å². The molecule has 0 spiro atoms. The van der Waals surface area contributed by atoms with Crippen molar-refractivity contribution in [2.75, 3.05) is 0 Å². The minimum atomic E-state index is -0.282. The molecule has 3 rings (SSSR count). The Morgan fingerprint density at radius 3 is 2.48 bits per heavy atom. The van der Waals surface area contributed by atoms with E-state index in [1.807, 2.05) is 45.0 Å². The Morgan fingerprint density at radius 2 is 1.88 bits per heavy atom. The van der Waals surface area contributed by atoms with Crippen LogP contribution in [0.2, 0.25) is 5.02 Å². The summed E-state index contributed by atoms with van der Waals surface area (Å²) in [7, 11) is 0. The number of nitrogens with zero attached hydrogens (tertiary/aromatic N) is 1. The quantitative estimate of drug-likeness (QED) is 0.426. The van der Waals surface area contributed by atoms with E-state index in [1.165, 1.54) is 0 Å². The average Bonchev–Trinajstić information content (AvgIpc) is 2.84. The lowest BCUT2D eigenvalue weighted by Crippen LogP contribution is -2.22.